The van der Waals surface area contributed by atoms with Gasteiger partial charge in [-0.3, -0.25) is 14.3 Å². The lowest BCUT2D eigenvalue weighted by Gasteiger charge is -2.43. The molecule has 3 atom stereocenters. The molecule has 5 rings (SSSR count). The van der Waals surface area contributed by atoms with Crippen molar-refractivity contribution in [3.63, 3.8) is 0 Å². The van der Waals surface area contributed by atoms with E-state index in [4.69, 9.17) is 0 Å². The minimum atomic E-state index is -0.749. The number of fused-ring (bicyclic) bond motifs is 2. The summed E-state index contributed by atoms with van der Waals surface area (Å²) in [6.45, 7) is 2.22. The van der Waals surface area contributed by atoms with Gasteiger partial charge in [-0.25, -0.2) is 8.78 Å². The first-order valence-electron chi connectivity index (χ1n) is 10.5. The van der Waals surface area contributed by atoms with Crippen LogP contribution in [-0.4, -0.2) is 38.3 Å². The largest absolute Gasteiger partial charge is 0.502 e. The number of amides is 1. The van der Waals surface area contributed by atoms with Gasteiger partial charge >= 0.3 is 0 Å². The molecule has 0 radical (unpaired) electrons. The van der Waals surface area contributed by atoms with E-state index in [0.717, 1.165) is 12.6 Å². The maximum absolute atomic E-state index is 15.1. The number of halogens is 2. The number of nitrogens with zero attached hydrogens (tertiary/aromatic N) is 3. The second-order valence-electron chi connectivity index (χ2n) is 8.35. The smallest absolute Gasteiger partial charge is 0.276 e. The van der Waals surface area contributed by atoms with Crippen LogP contribution in [0, 0.1) is 18.6 Å². The molecule has 2 aliphatic rings. The van der Waals surface area contributed by atoms with Crippen LogP contribution >= 0.6 is 0 Å². The predicted octanol–water partition coefficient (Wildman–Crippen LogP) is 3.53. The molecule has 1 aromatic heterocycles. The average molecular weight is 437 g/mol. The molecule has 2 aliphatic heterocycles. The summed E-state index contributed by atoms with van der Waals surface area (Å²) < 4.78 is 30.4. The summed E-state index contributed by atoms with van der Waals surface area (Å²) in [6, 6.07) is 9.76. The maximum Gasteiger partial charge on any atom is 0.276 e. The van der Waals surface area contributed by atoms with Crippen molar-refractivity contribution in [2.75, 3.05) is 6.54 Å². The Hall–Kier alpha value is -3.55. The number of carbonyl (C=O) groups excluding carboxylic acids is 1. The van der Waals surface area contributed by atoms with Gasteiger partial charge in [0.2, 0.25) is 5.43 Å². The highest BCUT2D eigenvalue weighted by molar-refractivity contribution is 5.96. The number of aromatic nitrogens is 2. The average Bonchev–Trinajstić information content (AvgIpc) is 3.25. The summed E-state index contributed by atoms with van der Waals surface area (Å²) in [7, 11) is 0. The molecule has 2 aromatic carbocycles. The van der Waals surface area contributed by atoms with E-state index in [0.29, 0.717) is 29.7 Å². The van der Waals surface area contributed by atoms with Crippen molar-refractivity contribution >= 4 is 5.91 Å². The zero-order valence-electron chi connectivity index (χ0n) is 17.3. The molecule has 1 saturated heterocycles. The van der Waals surface area contributed by atoms with E-state index in [9.17, 15) is 19.1 Å². The molecule has 32 heavy (non-hydrogen) atoms. The van der Waals surface area contributed by atoms with Gasteiger partial charge in [0.1, 0.15) is 11.6 Å². The summed E-state index contributed by atoms with van der Waals surface area (Å²) in [5, 5.41) is 14.7. The number of benzene rings is 2. The van der Waals surface area contributed by atoms with E-state index in [-0.39, 0.29) is 11.7 Å². The molecule has 8 heteroatoms. The number of aromatic hydroxyl groups is 1. The Bertz CT molecular complexity index is 1290. The minimum absolute atomic E-state index is 0.193. The lowest BCUT2D eigenvalue weighted by molar-refractivity contribution is 0.0564. The van der Waals surface area contributed by atoms with Crippen molar-refractivity contribution in [1.82, 2.24) is 14.7 Å². The zero-order chi connectivity index (χ0) is 22.6. The third kappa shape index (κ3) is 3.01. The highest BCUT2D eigenvalue weighted by Crippen LogP contribution is 2.46. The highest BCUT2D eigenvalue weighted by Gasteiger charge is 2.48. The Kier molecular flexibility index (Phi) is 4.80. The summed E-state index contributed by atoms with van der Waals surface area (Å²) in [5.41, 5.74) is 0.752. The van der Waals surface area contributed by atoms with Gasteiger partial charge in [0, 0.05) is 12.5 Å². The third-order valence-corrected chi connectivity index (χ3v) is 6.57. The summed E-state index contributed by atoms with van der Waals surface area (Å²) in [5.74, 6) is -2.60. The maximum atomic E-state index is 15.1. The normalized spacial score (nSPS) is 20.7. The first-order chi connectivity index (χ1) is 15.4. The highest BCUT2D eigenvalue weighted by atomic mass is 19.1. The third-order valence-electron chi connectivity index (χ3n) is 6.57. The van der Waals surface area contributed by atoms with Gasteiger partial charge in [-0.2, -0.15) is 5.10 Å². The Morgan fingerprint density at radius 3 is 2.66 bits per heavy atom. The van der Waals surface area contributed by atoms with Crippen molar-refractivity contribution in [1.29, 1.82) is 0 Å². The van der Waals surface area contributed by atoms with E-state index >= 15 is 4.39 Å². The van der Waals surface area contributed by atoms with Crippen molar-refractivity contribution in [3.05, 3.63) is 92.9 Å². The molecule has 3 heterocycles. The van der Waals surface area contributed by atoms with Gasteiger partial charge in [-0.1, -0.05) is 24.3 Å². The van der Waals surface area contributed by atoms with Crippen LogP contribution in [0.15, 0.2) is 53.5 Å². The number of hydrogen-bond acceptors (Lipinski definition) is 4. The van der Waals surface area contributed by atoms with Crippen LogP contribution in [0.2, 0.25) is 0 Å². The van der Waals surface area contributed by atoms with Crippen LogP contribution in [0.1, 0.15) is 52.0 Å². The van der Waals surface area contributed by atoms with Crippen LogP contribution in [0.25, 0.3) is 0 Å². The molecule has 0 bridgehead atoms. The quantitative estimate of drug-likeness (QED) is 0.680. The fraction of sp³-hybridized carbons (Fsp3) is 0.292. The summed E-state index contributed by atoms with van der Waals surface area (Å²) in [4.78, 5) is 26.9. The number of aryl methyl sites for hydroxylation is 1. The first-order valence-corrected chi connectivity index (χ1v) is 10.5. The molecule has 1 amide bonds. The van der Waals surface area contributed by atoms with Crippen LogP contribution in [0.5, 0.6) is 5.75 Å². The fourth-order valence-electron chi connectivity index (χ4n) is 5.20. The van der Waals surface area contributed by atoms with E-state index in [1.165, 1.54) is 22.9 Å². The van der Waals surface area contributed by atoms with Crippen LogP contribution in [-0.2, 0) is 0 Å². The molecule has 0 spiro atoms. The molecular weight excluding hydrogens is 416 g/mol. The van der Waals surface area contributed by atoms with Crippen molar-refractivity contribution < 1.29 is 18.7 Å². The molecule has 0 saturated carbocycles. The molecule has 1 fully saturated rings. The minimum Gasteiger partial charge on any atom is -0.502 e. The van der Waals surface area contributed by atoms with Crippen LogP contribution in [0.3, 0.4) is 0 Å². The summed E-state index contributed by atoms with van der Waals surface area (Å²) >= 11 is 0. The second-order valence-corrected chi connectivity index (χ2v) is 8.35. The molecule has 1 N–H and O–H groups in total. The van der Waals surface area contributed by atoms with Crippen molar-refractivity contribution in [2.24, 2.45) is 0 Å². The van der Waals surface area contributed by atoms with Crippen LogP contribution < -0.4 is 5.43 Å². The Morgan fingerprint density at radius 2 is 1.91 bits per heavy atom. The molecule has 0 unspecified atom stereocenters. The van der Waals surface area contributed by atoms with Gasteiger partial charge in [0.15, 0.2) is 11.4 Å². The van der Waals surface area contributed by atoms with Crippen LogP contribution in [0.4, 0.5) is 8.78 Å². The van der Waals surface area contributed by atoms with E-state index in [1.807, 2.05) is 0 Å². The van der Waals surface area contributed by atoms with Gasteiger partial charge in [-0.15, -0.1) is 0 Å². The topological polar surface area (TPSA) is 75.4 Å². The lowest BCUT2D eigenvalue weighted by Crippen LogP contribution is -2.51. The fourth-order valence-corrected chi connectivity index (χ4v) is 5.20. The zero-order valence-corrected chi connectivity index (χ0v) is 17.3. The molecule has 3 aromatic rings. The van der Waals surface area contributed by atoms with Gasteiger partial charge in [0.25, 0.3) is 5.91 Å². The Morgan fingerprint density at radius 1 is 1.12 bits per heavy atom. The van der Waals surface area contributed by atoms with E-state index < -0.39 is 40.7 Å². The monoisotopic (exact) mass is 437 g/mol. The Balaban J connectivity index is 1.82. The van der Waals surface area contributed by atoms with Gasteiger partial charge in [0.05, 0.1) is 18.3 Å². The predicted molar refractivity (Wildman–Crippen MR) is 113 cm³/mol. The number of rotatable bonds is 3. The lowest BCUT2D eigenvalue weighted by atomic mass is 9.78. The molecule has 6 nitrogen and oxygen atoms in total. The Labute approximate surface area is 182 Å². The molecule has 164 valence electrons. The summed E-state index contributed by atoms with van der Waals surface area (Å²) in [6.07, 6.45) is 2.37. The number of hydrogen-bond donors (Lipinski definition) is 1. The number of carbonyl (C=O) groups is 1. The molecule has 0 aliphatic carbocycles. The second kappa shape index (κ2) is 7.55. The van der Waals surface area contributed by atoms with Crippen molar-refractivity contribution in [3.8, 4) is 5.75 Å². The SMILES string of the molecule is Cc1cc(F)ccc1[C@H](c1ccccc1F)[C@H]1[C@H]2CCCN2C(=O)c2c(O)c(=O)cnn21. The van der Waals surface area contributed by atoms with Gasteiger partial charge < -0.3 is 10.0 Å². The van der Waals surface area contributed by atoms with Gasteiger partial charge in [-0.05, 0) is 54.7 Å². The van der Waals surface area contributed by atoms with E-state index in [1.54, 1.807) is 36.1 Å². The van der Waals surface area contributed by atoms with Crippen molar-refractivity contribution in [2.45, 2.75) is 37.8 Å². The standard InChI is InChI=1S/C24H21F2N3O3/c1-13-11-14(25)8-9-15(13)20(16-5-2-3-6-17(16)26)21-18-7-4-10-28(18)24(32)22-23(31)19(30)12-27-29(21)22/h2-3,5-6,8-9,11-12,18,20-21,31H,4,7,10H2,1H3/t18-,20-,21-/m1/s1. The van der Waals surface area contributed by atoms with E-state index in [2.05, 4.69) is 5.10 Å². The molecular formula is C24H21F2N3O3. The first kappa shape index (κ1) is 20.4.